The predicted molar refractivity (Wildman–Crippen MR) is 82.7 cm³/mol. The molecule has 2 aliphatic rings. The average molecular weight is 281 g/mol. The zero-order valence-corrected chi connectivity index (χ0v) is 13.6. The molecule has 1 amide bonds. The van der Waals surface area contributed by atoms with Crippen molar-refractivity contribution in [2.75, 3.05) is 26.2 Å². The van der Waals surface area contributed by atoms with E-state index in [0.717, 1.165) is 32.6 Å². The Morgan fingerprint density at radius 1 is 1.35 bits per heavy atom. The van der Waals surface area contributed by atoms with Gasteiger partial charge in [0.05, 0.1) is 6.04 Å². The molecule has 2 fully saturated rings. The van der Waals surface area contributed by atoms with E-state index in [1.54, 1.807) is 0 Å². The van der Waals surface area contributed by atoms with Crippen LogP contribution in [0.5, 0.6) is 0 Å². The zero-order valence-electron chi connectivity index (χ0n) is 13.6. The lowest BCUT2D eigenvalue weighted by molar-refractivity contribution is -0.127. The summed E-state index contributed by atoms with van der Waals surface area (Å²) in [4.78, 5) is 14.8. The van der Waals surface area contributed by atoms with Crippen LogP contribution in [0, 0.1) is 5.41 Å². The van der Waals surface area contributed by atoms with Gasteiger partial charge in [0.25, 0.3) is 0 Å². The summed E-state index contributed by atoms with van der Waals surface area (Å²) in [7, 11) is 0. The molecule has 1 atom stereocenters. The van der Waals surface area contributed by atoms with Crippen LogP contribution >= 0.6 is 0 Å². The van der Waals surface area contributed by atoms with Crippen LogP contribution in [0.3, 0.4) is 0 Å². The number of piperidine rings is 1. The molecule has 2 heterocycles. The predicted octanol–water partition coefficient (Wildman–Crippen LogP) is 1.76. The fourth-order valence-electron chi connectivity index (χ4n) is 3.36. The lowest BCUT2D eigenvalue weighted by atomic mass is 9.78. The Kier molecular flexibility index (Phi) is 4.75. The summed E-state index contributed by atoms with van der Waals surface area (Å²) in [6.07, 6.45) is 4.74. The van der Waals surface area contributed by atoms with Crippen LogP contribution in [0.15, 0.2) is 0 Å². The van der Waals surface area contributed by atoms with Crippen LogP contribution < -0.4 is 10.6 Å². The minimum atomic E-state index is -0.0997. The molecule has 1 unspecified atom stereocenters. The van der Waals surface area contributed by atoms with Crippen molar-refractivity contribution >= 4 is 5.91 Å². The van der Waals surface area contributed by atoms with E-state index in [1.165, 1.54) is 19.3 Å². The van der Waals surface area contributed by atoms with E-state index in [2.05, 4.69) is 43.2 Å². The van der Waals surface area contributed by atoms with Gasteiger partial charge in [-0.05, 0) is 71.5 Å². The molecule has 0 saturated carbocycles. The van der Waals surface area contributed by atoms with Crippen LogP contribution in [-0.2, 0) is 4.79 Å². The highest BCUT2D eigenvalue weighted by molar-refractivity contribution is 5.82. The van der Waals surface area contributed by atoms with Crippen LogP contribution in [0.2, 0.25) is 0 Å². The standard InChI is InChI=1S/C16H31N3O/c1-5-15(3,4)18-14(20)13(2)19-11-8-16(12-19)6-9-17-10-7-16/h13,17H,5-12H2,1-4H3,(H,18,20). The molecule has 2 aliphatic heterocycles. The summed E-state index contributed by atoms with van der Waals surface area (Å²) in [5.41, 5.74) is 0.373. The summed E-state index contributed by atoms with van der Waals surface area (Å²) in [6.45, 7) is 12.8. The Bertz CT molecular complexity index is 348. The van der Waals surface area contributed by atoms with Gasteiger partial charge in [0.15, 0.2) is 0 Å². The van der Waals surface area contributed by atoms with Crippen molar-refractivity contribution < 1.29 is 4.79 Å². The van der Waals surface area contributed by atoms with E-state index in [0.29, 0.717) is 5.41 Å². The van der Waals surface area contributed by atoms with Gasteiger partial charge < -0.3 is 10.6 Å². The van der Waals surface area contributed by atoms with Crippen LogP contribution in [0.1, 0.15) is 53.4 Å². The largest absolute Gasteiger partial charge is 0.350 e. The van der Waals surface area contributed by atoms with E-state index >= 15 is 0 Å². The highest BCUT2D eigenvalue weighted by atomic mass is 16.2. The quantitative estimate of drug-likeness (QED) is 0.825. The summed E-state index contributed by atoms with van der Waals surface area (Å²) in [6, 6.07) is -0.00455. The first kappa shape index (κ1) is 15.8. The maximum Gasteiger partial charge on any atom is 0.237 e. The molecule has 0 aliphatic carbocycles. The van der Waals surface area contributed by atoms with Crippen LogP contribution in [0.4, 0.5) is 0 Å². The van der Waals surface area contributed by atoms with Crippen LogP contribution in [-0.4, -0.2) is 48.6 Å². The molecule has 0 bridgehead atoms. The molecule has 116 valence electrons. The number of hydrogen-bond acceptors (Lipinski definition) is 3. The molecular formula is C16H31N3O. The number of carbonyl (C=O) groups excluding carboxylic acids is 1. The fraction of sp³-hybridized carbons (Fsp3) is 0.938. The number of carbonyl (C=O) groups is 1. The normalized spacial score (nSPS) is 24.8. The Hall–Kier alpha value is -0.610. The molecule has 0 aromatic carbocycles. The third-order valence-electron chi connectivity index (χ3n) is 5.40. The number of rotatable bonds is 4. The van der Waals surface area contributed by atoms with Gasteiger partial charge in [-0.25, -0.2) is 0 Å². The molecule has 2 rings (SSSR count). The van der Waals surface area contributed by atoms with Gasteiger partial charge in [0.1, 0.15) is 0 Å². The Morgan fingerprint density at radius 2 is 2.00 bits per heavy atom. The molecular weight excluding hydrogens is 250 g/mol. The second-order valence-electron chi connectivity index (χ2n) is 7.37. The van der Waals surface area contributed by atoms with E-state index in [1.807, 2.05) is 0 Å². The fourth-order valence-corrected chi connectivity index (χ4v) is 3.36. The van der Waals surface area contributed by atoms with Crippen molar-refractivity contribution in [1.29, 1.82) is 0 Å². The molecule has 2 N–H and O–H groups in total. The van der Waals surface area contributed by atoms with Gasteiger partial charge in [0.2, 0.25) is 5.91 Å². The van der Waals surface area contributed by atoms with Gasteiger partial charge in [0, 0.05) is 12.1 Å². The maximum absolute atomic E-state index is 12.4. The second kappa shape index (κ2) is 6.02. The third-order valence-corrected chi connectivity index (χ3v) is 5.40. The maximum atomic E-state index is 12.4. The van der Waals surface area contributed by atoms with Gasteiger partial charge in [-0.3, -0.25) is 9.69 Å². The minimum absolute atomic E-state index is 0.00455. The lowest BCUT2D eigenvalue weighted by Gasteiger charge is -2.35. The van der Waals surface area contributed by atoms with Crippen molar-refractivity contribution in [2.24, 2.45) is 5.41 Å². The number of likely N-dealkylation sites (tertiary alicyclic amines) is 1. The first-order valence-electron chi connectivity index (χ1n) is 8.14. The minimum Gasteiger partial charge on any atom is -0.350 e. The van der Waals surface area contributed by atoms with E-state index in [9.17, 15) is 4.79 Å². The van der Waals surface area contributed by atoms with E-state index in [-0.39, 0.29) is 17.5 Å². The average Bonchev–Trinajstić information content (AvgIpc) is 2.82. The van der Waals surface area contributed by atoms with Crippen molar-refractivity contribution in [3.05, 3.63) is 0 Å². The summed E-state index contributed by atoms with van der Waals surface area (Å²) in [5, 5.41) is 6.62. The monoisotopic (exact) mass is 281 g/mol. The molecule has 20 heavy (non-hydrogen) atoms. The van der Waals surface area contributed by atoms with Crippen molar-refractivity contribution in [1.82, 2.24) is 15.5 Å². The first-order chi connectivity index (χ1) is 9.37. The van der Waals surface area contributed by atoms with Gasteiger partial charge >= 0.3 is 0 Å². The Labute approximate surface area is 123 Å². The number of amides is 1. The van der Waals surface area contributed by atoms with Gasteiger partial charge in [-0.1, -0.05) is 6.92 Å². The number of nitrogens with zero attached hydrogens (tertiary/aromatic N) is 1. The Morgan fingerprint density at radius 3 is 2.60 bits per heavy atom. The smallest absolute Gasteiger partial charge is 0.237 e. The van der Waals surface area contributed by atoms with Crippen LogP contribution in [0.25, 0.3) is 0 Å². The summed E-state index contributed by atoms with van der Waals surface area (Å²) in [5.74, 6) is 0.183. The summed E-state index contributed by atoms with van der Waals surface area (Å²) < 4.78 is 0. The van der Waals surface area contributed by atoms with E-state index < -0.39 is 0 Å². The zero-order chi connectivity index (χ0) is 14.8. The lowest BCUT2D eigenvalue weighted by Crippen LogP contribution is -2.52. The topological polar surface area (TPSA) is 44.4 Å². The molecule has 2 saturated heterocycles. The first-order valence-corrected chi connectivity index (χ1v) is 8.14. The molecule has 0 aromatic heterocycles. The van der Waals surface area contributed by atoms with Crippen molar-refractivity contribution in [3.63, 3.8) is 0 Å². The van der Waals surface area contributed by atoms with Crippen molar-refractivity contribution in [2.45, 2.75) is 65.0 Å². The van der Waals surface area contributed by atoms with Gasteiger partial charge in [-0.15, -0.1) is 0 Å². The van der Waals surface area contributed by atoms with Crippen molar-refractivity contribution in [3.8, 4) is 0 Å². The SMILES string of the molecule is CCC(C)(C)NC(=O)C(C)N1CCC2(CCNCC2)C1. The summed E-state index contributed by atoms with van der Waals surface area (Å²) >= 11 is 0. The molecule has 1 spiro atoms. The molecule has 4 nitrogen and oxygen atoms in total. The highest BCUT2D eigenvalue weighted by Crippen LogP contribution is 2.39. The molecule has 0 radical (unpaired) electrons. The molecule has 4 heteroatoms. The number of nitrogens with one attached hydrogen (secondary N) is 2. The number of hydrogen-bond donors (Lipinski definition) is 2. The third kappa shape index (κ3) is 3.53. The molecule has 0 aromatic rings. The Balaban J connectivity index is 1.90. The second-order valence-corrected chi connectivity index (χ2v) is 7.37. The van der Waals surface area contributed by atoms with E-state index in [4.69, 9.17) is 0 Å². The van der Waals surface area contributed by atoms with Gasteiger partial charge in [-0.2, -0.15) is 0 Å². The highest BCUT2D eigenvalue weighted by Gasteiger charge is 2.41.